The van der Waals surface area contributed by atoms with E-state index < -0.39 is 11.9 Å². The molecule has 88 valence electrons. The first kappa shape index (κ1) is 13.9. The van der Waals surface area contributed by atoms with E-state index in [2.05, 4.69) is 37.9 Å². The number of carboxylic acid groups (broad SMARTS) is 1. The number of amides is 1. The zero-order valence-corrected chi connectivity index (χ0v) is 9.78. The largest absolute Gasteiger partial charge is 0.474 e. The van der Waals surface area contributed by atoms with Gasteiger partial charge < -0.3 is 10.4 Å². The van der Waals surface area contributed by atoms with Gasteiger partial charge in [0.2, 0.25) is 0 Å². The summed E-state index contributed by atoms with van der Waals surface area (Å²) in [4.78, 5) is 23.1. The van der Waals surface area contributed by atoms with Crippen molar-refractivity contribution in [2.24, 2.45) is 0 Å². The van der Waals surface area contributed by atoms with Gasteiger partial charge in [-0.05, 0) is 27.7 Å². The molecule has 0 radical (unpaired) electrons. The third kappa shape index (κ3) is 5.37. The van der Waals surface area contributed by atoms with Crippen molar-refractivity contribution in [3.05, 3.63) is 0 Å². The Morgan fingerprint density at radius 1 is 1.20 bits per heavy atom. The highest BCUT2D eigenvalue weighted by Crippen LogP contribution is 2.02. The molecule has 0 heterocycles. The first-order valence-electron chi connectivity index (χ1n) is 5.13. The van der Waals surface area contributed by atoms with Crippen LogP contribution in [0.15, 0.2) is 0 Å². The van der Waals surface area contributed by atoms with Crippen LogP contribution in [0, 0.1) is 0 Å². The Kier molecular flexibility index (Phi) is 5.93. The Bertz CT molecular complexity index is 219. The molecule has 0 aliphatic heterocycles. The molecule has 0 aromatic rings. The van der Waals surface area contributed by atoms with E-state index in [1.54, 1.807) is 0 Å². The quantitative estimate of drug-likeness (QED) is 0.649. The molecule has 0 saturated carbocycles. The minimum absolute atomic E-state index is 0.363. The first-order valence-corrected chi connectivity index (χ1v) is 5.13. The first-order chi connectivity index (χ1) is 6.86. The van der Waals surface area contributed by atoms with Crippen LogP contribution in [0.25, 0.3) is 0 Å². The van der Waals surface area contributed by atoms with Gasteiger partial charge in [-0.25, -0.2) is 4.79 Å². The molecule has 5 heteroatoms. The van der Waals surface area contributed by atoms with Gasteiger partial charge in [-0.3, -0.25) is 9.69 Å². The molecule has 0 bridgehead atoms. The van der Waals surface area contributed by atoms with Crippen LogP contribution >= 0.6 is 0 Å². The van der Waals surface area contributed by atoms with Gasteiger partial charge in [0, 0.05) is 25.2 Å². The lowest BCUT2D eigenvalue weighted by molar-refractivity contribution is -0.150. The maximum absolute atomic E-state index is 10.7. The number of hydrogen-bond donors (Lipinski definition) is 2. The molecule has 0 saturated heterocycles. The molecule has 0 fully saturated rings. The number of nitrogens with zero attached hydrogens (tertiary/aromatic N) is 1. The second-order valence-corrected chi connectivity index (χ2v) is 3.99. The summed E-state index contributed by atoms with van der Waals surface area (Å²) in [5, 5.41) is 10.7. The van der Waals surface area contributed by atoms with Crippen LogP contribution in [0.5, 0.6) is 0 Å². The van der Waals surface area contributed by atoms with Crippen LogP contribution < -0.4 is 5.32 Å². The normalized spacial score (nSPS) is 11.1. The highest BCUT2D eigenvalue weighted by Gasteiger charge is 2.14. The SMILES string of the molecule is CC(C)N(CCNC(=O)C(=O)O)C(C)C. The summed E-state index contributed by atoms with van der Waals surface area (Å²) in [6.07, 6.45) is 0. The monoisotopic (exact) mass is 216 g/mol. The van der Waals surface area contributed by atoms with E-state index >= 15 is 0 Å². The average Bonchev–Trinajstić information content (AvgIpc) is 2.10. The number of carbonyl (C=O) groups is 2. The van der Waals surface area contributed by atoms with Gasteiger partial charge in [0.25, 0.3) is 0 Å². The van der Waals surface area contributed by atoms with Crippen LogP contribution in [0.4, 0.5) is 0 Å². The molecular formula is C10H20N2O3. The fraction of sp³-hybridized carbons (Fsp3) is 0.800. The number of rotatable bonds is 5. The van der Waals surface area contributed by atoms with E-state index in [4.69, 9.17) is 5.11 Å². The molecule has 0 unspecified atom stereocenters. The van der Waals surface area contributed by atoms with E-state index in [1.807, 2.05) is 0 Å². The molecule has 0 aromatic carbocycles. The summed E-state index contributed by atoms with van der Waals surface area (Å²) in [5.74, 6) is -2.38. The number of carboxylic acids is 1. The van der Waals surface area contributed by atoms with Crippen LogP contribution in [0.1, 0.15) is 27.7 Å². The molecule has 0 aromatic heterocycles. The number of aliphatic carboxylic acids is 1. The fourth-order valence-electron chi connectivity index (χ4n) is 1.49. The lowest BCUT2D eigenvalue weighted by atomic mass is 10.2. The summed E-state index contributed by atoms with van der Waals surface area (Å²) in [6.45, 7) is 9.30. The summed E-state index contributed by atoms with van der Waals surface area (Å²) in [5.41, 5.74) is 0. The Morgan fingerprint density at radius 2 is 1.67 bits per heavy atom. The van der Waals surface area contributed by atoms with Crippen LogP contribution in [-0.4, -0.2) is 47.1 Å². The highest BCUT2D eigenvalue weighted by molar-refractivity contribution is 6.31. The zero-order valence-electron chi connectivity index (χ0n) is 9.78. The van der Waals surface area contributed by atoms with Crippen molar-refractivity contribution in [2.45, 2.75) is 39.8 Å². The van der Waals surface area contributed by atoms with E-state index in [0.29, 0.717) is 25.2 Å². The van der Waals surface area contributed by atoms with Crippen LogP contribution in [0.3, 0.4) is 0 Å². The van der Waals surface area contributed by atoms with Crippen molar-refractivity contribution in [1.29, 1.82) is 0 Å². The molecular weight excluding hydrogens is 196 g/mol. The smallest absolute Gasteiger partial charge is 0.394 e. The van der Waals surface area contributed by atoms with Crippen LogP contribution in [-0.2, 0) is 9.59 Å². The predicted molar refractivity (Wildman–Crippen MR) is 57.6 cm³/mol. The second-order valence-electron chi connectivity index (χ2n) is 3.99. The van der Waals surface area contributed by atoms with Gasteiger partial charge in [0.1, 0.15) is 0 Å². The predicted octanol–water partition coefficient (Wildman–Crippen LogP) is 0.306. The lowest BCUT2D eigenvalue weighted by Gasteiger charge is -2.30. The Labute approximate surface area is 90.5 Å². The molecule has 0 rings (SSSR count). The number of carbonyl (C=O) groups excluding carboxylic acids is 1. The van der Waals surface area contributed by atoms with Gasteiger partial charge >= 0.3 is 11.9 Å². The van der Waals surface area contributed by atoms with Gasteiger partial charge in [-0.1, -0.05) is 0 Å². The van der Waals surface area contributed by atoms with Gasteiger partial charge in [0.15, 0.2) is 0 Å². The highest BCUT2D eigenvalue weighted by atomic mass is 16.4. The molecule has 5 nitrogen and oxygen atoms in total. The second kappa shape index (κ2) is 6.40. The minimum atomic E-state index is -1.43. The van der Waals surface area contributed by atoms with E-state index in [-0.39, 0.29) is 0 Å². The van der Waals surface area contributed by atoms with Crippen molar-refractivity contribution >= 4 is 11.9 Å². The number of hydrogen-bond acceptors (Lipinski definition) is 3. The third-order valence-electron chi connectivity index (χ3n) is 2.18. The third-order valence-corrected chi connectivity index (χ3v) is 2.18. The summed E-state index contributed by atoms with van der Waals surface area (Å²) >= 11 is 0. The molecule has 2 N–H and O–H groups in total. The Hall–Kier alpha value is -1.10. The Balaban J connectivity index is 3.92. The zero-order chi connectivity index (χ0) is 12.0. The van der Waals surface area contributed by atoms with Gasteiger partial charge in [-0.15, -0.1) is 0 Å². The summed E-state index contributed by atoms with van der Waals surface area (Å²) in [6, 6.07) is 0.762. The minimum Gasteiger partial charge on any atom is -0.474 e. The summed E-state index contributed by atoms with van der Waals surface area (Å²) < 4.78 is 0. The molecule has 15 heavy (non-hydrogen) atoms. The molecule has 0 aliphatic rings. The van der Waals surface area contributed by atoms with Crippen molar-refractivity contribution in [3.8, 4) is 0 Å². The van der Waals surface area contributed by atoms with E-state index in [0.717, 1.165) is 0 Å². The van der Waals surface area contributed by atoms with Crippen molar-refractivity contribution in [2.75, 3.05) is 13.1 Å². The van der Waals surface area contributed by atoms with E-state index in [9.17, 15) is 9.59 Å². The molecule has 1 amide bonds. The fourth-order valence-corrected chi connectivity index (χ4v) is 1.49. The van der Waals surface area contributed by atoms with E-state index in [1.165, 1.54) is 0 Å². The molecule has 0 aliphatic carbocycles. The average molecular weight is 216 g/mol. The van der Waals surface area contributed by atoms with Gasteiger partial charge in [-0.2, -0.15) is 0 Å². The van der Waals surface area contributed by atoms with Crippen molar-refractivity contribution in [1.82, 2.24) is 10.2 Å². The molecule has 0 spiro atoms. The molecule has 0 atom stereocenters. The summed E-state index contributed by atoms with van der Waals surface area (Å²) in [7, 11) is 0. The maximum atomic E-state index is 10.7. The van der Waals surface area contributed by atoms with Gasteiger partial charge in [0.05, 0.1) is 0 Å². The van der Waals surface area contributed by atoms with Crippen LogP contribution in [0.2, 0.25) is 0 Å². The number of nitrogens with one attached hydrogen (secondary N) is 1. The maximum Gasteiger partial charge on any atom is 0.394 e. The Morgan fingerprint density at radius 3 is 2.00 bits per heavy atom. The lowest BCUT2D eigenvalue weighted by Crippen LogP contribution is -2.43. The van der Waals surface area contributed by atoms with Crippen molar-refractivity contribution < 1.29 is 14.7 Å². The standard InChI is InChI=1S/C10H20N2O3/c1-7(2)12(8(3)4)6-5-11-9(13)10(14)15/h7-8H,5-6H2,1-4H3,(H,11,13)(H,14,15). The topological polar surface area (TPSA) is 69.6 Å². The van der Waals surface area contributed by atoms with Crippen molar-refractivity contribution in [3.63, 3.8) is 0 Å².